The van der Waals surface area contributed by atoms with Gasteiger partial charge in [-0.15, -0.1) is 5.10 Å². The zero-order valence-corrected chi connectivity index (χ0v) is 15.2. The summed E-state index contributed by atoms with van der Waals surface area (Å²) in [6.07, 6.45) is 2.21. The smallest absolute Gasteiger partial charge is 0.223 e. The summed E-state index contributed by atoms with van der Waals surface area (Å²) in [6.45, 7) is 3.71. The maximum Gasteiger partial charge on any atom is 0.223 e. The SMILES string of the molecule is COCCN1CCC[C@@H](c2nc3c4cccc(OC)c4nc(N)n3n2)C1. The highest BCUT2D eigenvalue weighted by Crippen LogP contribution is 2.30. The maximum atomic E-state index is 6.15. The number of benzene rings is 1. The minimum Gasteiger partial charge on any atom is -0.494 e. The van der Waals surface area contributed by atoms with Gasteiger partial charge in [0.2, 0.25) is 5.95 Å². The van der Waals surface area contributed by atoms with E-state index in [2.05, 4.69) is 15.0 Å². The van der Waals surface area contributed by atoms with E-state index in [-0.39, 0.29) is 0 Å². The van der Waals surface area contributed by atoms with E-state index in [9.17, 15) is 0 Å². The molecule has 4 rings (SSSR count). The molecule has 1 aliphatic heterocycles. The highest BCUT2D eigenvalue weighted by Gasteiger charge is 2.25. The van der Waals surface area contributed by atoms with Crippen LogP contribution in [0.3, 0.4) is 0 Å². The highest BCUT2D eigenvalue weighted by atomic mass is 16.5. The Balaban J connectivity index is 1.73. The van der Waals surface area contributed by atoms with Crippen molar-refractivity contribution in [3.8, 4) is 5.75 Å². The molecule has 2 aromatic heterocycles. The fourth-order valence-corrected chi connectivity index (χ4v) is 3.67. The third-order valence-electron chi connectivity index (χ3n) is 5.01. The van der Waals surface area contributed by atoms with Gasteiger partial charge in [-0.2, -0.15) is 4.52 Å². The molecule has 0 aliphatic carbocycles. The molecule has 8 heteroatoms. The summed E-state index contributed by atoms with van der Waals surface area (Å²) in [7, 11) is 3.36. The zero-order chi connectivity index (χ0) is 18.1. The third-order valence-corrected chi connectivity index (χ3v) is 5.01. The minimum absolute atomic E-state index is 0.292. The van der Waals surface area contributed by atoms with E-state index in [1.807, 2.05) is 18.2 Å². The molecule has 0 saturated carbocycles. The number of hydrogen-bond acceptors (Lipinski definition) is 7. The average molecular weight is 356 g/mol. The number of likely N-dealkylation sites (tertiary alicyclic amines) is 1. The number of nitrogens with two attached hydrogens (primary N) is 1. The summed E-state index contributed by atoms with van der Waals surface area (Å²) in [5, 5.41) is 5.57. The second kappa shape index (κ2) is 7.05. The first kappa shape index (κ1) is 17.0. The fourth-order valence-electron chi connectivity index (χ4n) is 3.67. The van der Waals surface area contributed by atoms with Crippen LogP contribution in [0, 0.1) is 0 Å². The van der Waals surface area contributed by atoms with Crippen LogP contribution in [0.25, 0.3) is 16.6 Å². The molecule has 1 atom stereocenters. The predicted octanol–water partition coefficient (Wildman–Crippen LogP) is 1.69. The summed E-state index contributed by atoms with van der Waals surface area (Å²) in [5.41, 5.74) is 7.59. The summed E-state index contributed by atoms with van der Waals surface area (Å²) >= 11 is 0. The molecule has 0 spiro atoms. The van der Waals surface area contributed by atoms with Crippen molar-refractivity contribution in [3.63, 3.8) is 0 Å². The summed E-state index contributed by atoms with van der Waals surface area (Å²) < 4.78 is 12.3. The van der Waals surface area contributed by atoms with E-state index in [4.69, 9.17) is 20.2 Å². The third kappa shape index (κ3) is 2.95. The number of rotatable bonds is 5. The average Bonchev–Trinajstić information content (AvgIpc) is 3.13. The van der Waals surface area contributed by atoms with Gasteiger partial charge >= 0.3 is 0 Å². The van der Waals surface area contributed by atoms with Crippen LogP contribution >= 0.6 is 0 Å². The van der Waals surface area contributed by atoms with E-state index in [0.717, 1.165) is 55.9 Å². The van der Waals surface area contributed by atoms with Crippen LogP contribution in [0.2, 0.25) is 0 Å². The second-order valence-electron chi connectivity index (χ2n) is 6.66. The van der Waals surface area contributed by atoms with Crippen LogP contribution in [0.4, 0.5) is 5.95 Å². The largest absolute Gasteiger partial charge is 0.494 e. The molecule has 1 saturated heterocycles. The van der Waals surface area contributed by atoms with Crippen LogP contribution in [0.5, 0.6) is 5.75 Å². The molecule has 26 heavy (non-hydrogen) atoms. The van der Waals surface area contributed by atoms with Gasteiger partial charge in [-0.3, -0.25) is 0 Å². The monoisotopic (exact) mass is 356 g/mol. The number of anilines is 1. The minimum atomic E-state index is 0.292. The van der Waals surface area contributed by atoms with Crippen molar-refractivity contribution in [2.24, 2.45) is 0 Å². The maximum absolute atomic E-state index is 6.15. The van der Waals surface area contributed by atoms with E-state index in [1.54, 1.807) is 18.7 Å². The van der Waals surface area contributed by atoms with Crippen LogP contribution in [-0.4, -0.2) is 64.9 Å². The van der Waals surface area contributed by atoms with Gasteiger partial charge < -0.3 is 20.1 Å². The second-order valence-corrected chi connectivity index (χ2v) is 6.66. The highest BCUT2D eigenvalue weighted by molar-refractivity contribution is 5.95. The molecule has 1 aliphatic rings. The van der Waals surface area contributed by atoms with Gasteiger partial charge in [0.05, 0.1) is 13.7 Å². The molecule has 138 valence electrons. The van der Waals surface area contributed by atoms with E-state index in [0.29, 0.717) is 23.1 Å². The van der Waals surface area contributed by atoms with E-state index >= 15 is 0 Å². The topological polar surface area (TPSA) is 90.8 Å². The van der Waals surface area contributed by atoms with Gasteiger partial charge in [0.25, 0.3) is 0 Å². The van der Waals surface area contributed by atoms with Crippen LogP contribution < -0.4 is 10.5 Å². The van der Waals surface area contributed by atoms with Crippen molar-refractivity contribution in [2.75, 3.05) is 46.2 Å². The van der Waals surface area contributed by atoms with Crippen molar-refractivity contribution in [1.82, 2.24) is 24.5 Å². The number of nitrogen functional groups attached to an aromatic ring is 1. The normalized spacial score (nSPS) is 18.6. The summed E-state index contributed by atoms with van der Waals surface area (Å²) in [6, 6.07) is 5.78. The fraction of sp³-hybridized carbons (Fsp3) is 0.500. The molecule has 3 heterocycles. The first-order valence-electron chi connectivity index (χ1n) is 8.91. The van der Waals surface area contributed by atoms with Gasteiger partial charge in [-0.25, -0.2) is 9.97 Å². The van der Waals surface area contributed by atoms with Gasteiger partial charge in [-0.1, -0.05) is 6.07 Å². The van der Waals surface area contributed by atoms with Gasteiger partial charge in [0.15, 0.2) is 11.5 Å². The lowest BCUT2D eigenvalue weighted by atomic mass is 9.97. The number of para-hydroxylation sites is 1. The Morgan fingerprint density at radius 2 is 2.15 bits per heavy atom. The van der Waals surface area contributed by atoms with Crippen molar-refractivity contribution >= 4 is 22.5 Å². The molecule has 3 aromatic rings. The van der Waals surface area contributed by atoms with Gasteiger partial charge in [-0.05, 0) is 31.5 Å². The van der Waals surface area contributed by atoms with Crippen molar-refractivity contribution in [2.45, 2.75) is 18.8 Å². The number of hydrogen-bond donors (Lipinski definition) is 1. The summed E-state index contributed by atoms with van der Waals surface area (Å²) in [5.74, 6) is 2.13. The number of nitrogens with zero attached hydrogens (tertiary/aromatic N) is 5. The first-order valence-corrected chi connectivity index (χ1v) is 8.91. The van der Waals surface area contributed by atoms with Crippen molar-refractivity contribution in [1.29, 1.82) is 0 Å². The van der Waals surface area contributed by atoms with Crippen molar-refractivity contribution in [3.05, 3.63) is 24.0 Å². The Kier molecular flexibility index (Phi) is 4.60. The quantitative estimate of drug-likeness (QED) is 0.744. The number of methoxy groups -OCH3 is 2. The Morgan fingerprint density at radius 3 is 2.96 bits per heavy atom. The zero-order valence-electron chi connectivity index (χ0n) is 15.2. The first-order chi connectivity index (χ1) is 12.7. The number of fused-ring (bicyclic) bond motifs is 3. The van der Waals surface area contributed by atoms with Gasteiger partial charge in [0.1, 0.15) is 11.3 Å². The lowest BCUT2D eigenvalue weighted by Gasteiger charge is -2.30. The van der Waals surface area contributed by atoms with E-state index < -0.39 is 0 Å². The van der Waals surface area contributed by atoms with Crippen LogP contribution in [-0.2, 0) is 4.74 Å². The predicted molar refractivity (Wildman–Crippen MR) is 99.5 cm³/mol. The van der Waals surface area contributed by atoms with Crippen LogP contribution in [0.1, 0.15) is 24.6 Å². The van der Waals surface area contributed by atoms with Crippen molar-refractivity contribution < 1.29 is 9.47 Å². The van der Waals surface area contributed by atoms with Crippen LogP contribution in [0.15, 0.2) is 18.2 Å². The molecule has 0 bridgehead atoms. The molecule has 0 unspecified atom stereocenters. The molecule has 2 N–H and O–H groups in total. The Hall–Kier alpha value is -2.45. The number of piperidine rings is 1. The Morgan fingerprint density at radius 1 is 1.27 bits per heavy atom. The van der Waals surface area contributed by atoms with Gasteiger partial charge in [0, 0.05) is 31.5 Å². The lowest BCUT2D eigenvalue weighted by Crippen LogP contribution is -2.36. The molecule has 0 radical (unpaired) electrons. The summed E-state index contributed by atoms with van der Waals surface area (Å²) in [4.78, 5) is 11.7. The molecule has 1 fully saturated rings. The van der Waals surface area contributed by atoms with E-state index in [1.165, 1.54) is 0 Å². The Bertz CT molecular complexity index is 925. The number of aromatic nitrogens is 4. The molecule has 0 amide bonds. The molecular weight excluding hydrogens is 332 g/mol. The Labute approximate surface area is 151 Å². The lowest BCUT2D eigenvalue weighted by molar-refractivity contribution is 0.127. The number of ether oxygens (including phenoxy) is 2. The molecule has 8 nitrogen and oxygen atoms in total. The standard InChI is InChI=1S/C18H24N6O2/c1-25-10-9-23-8-4-5-12(11-23)16-21-17-13-6-3-7-14(26-2)15(13)20-18(19)24(17)22-16/h3,6-7,12H,4-5,8-11H2,1-2H3,(H2,19,20)/t12-/m1/s1. The molecular formula is C18H24N6O2. The molecule has 1 aromatic carbocycles.